The second kappa shape index (κ2) is 12.3. The maximum atomic E-state index is 11.7. The van der Waals surface area contributed by atoms with Gasteiger partial charge in [0.1, 0.15) is 12.2 Å². The number of amides is 1. The van der Waals surface area contributed by atoms with E-state index in [1.54, 1.807) is 20.4 Å². The zero-order chi connectivity index (χ0) is 18.8. The van der Waals surface area contributed by atoms with Crippen molar-refractivity contribution in [1.82, 2.24) is 30.7 Å². The Kier molecular flexibility index (Phi) is 10.4. The lowest BCUT2D eigenvalue weighted by atomic mass is 10.1. The van der Waals surface area contributed by atoms with Gasteiger partial charge in [0.05, 0.1) is 0 Å². The summed E-state index contributed by atoms with van der Waals surface area (Å²) in [6.45, 7) is 4.30. The van der Waals surface area contributed by atoms with Crippen molar-refractivity contribution < 1.29 is 4.79 Å². The molecule has 0 unspecified atom stereocenters. The van der Waals surface area contributed by atoms with Crippen LogP contribution in [0.5, 0.6) is 0 Å². The van der Waals surface area contributed by atoms with Gasteiger partial charge < -0.3 is 20.5 Å². The monoisotopic (exact) mass is 485 g/mol. The molecule has 9 heteroatoms. The number of aliphatic imine (C=N–C) groups is 1. The van der Waals surface area contributed by atoms with Crippen molar-refractivity contribution in [3.63, 3.8) is 0 Å². The fraction of sp³-hybridized carbons (Fsp3) is 0.444. The number of aromatic nitrogens is 3. The molecule has 3 N–H and O–H groups in total. The van der Waals surface area contributed by atoms with Gasteiger partial charge in [0, 0.05) is 45.7 Å². The zero-order valence-corrected chi connectivity index (χ0v) is 18.4. The van der Waals surface area contributed by atoms with Crippen LogP contribution >= 0.6 is 24.0 Å². The van der Waals surface area contributed by atoms with E-state index in [-0.39, 0.29) is 29.9 Å². The summed E-state index contributed by atoms with van der Waals surface area (Å²) in [5, 5.41) is 17.2. The second-order valence-electron chi connectivity index (χ2n) is 5.75. The number of halogens is 1. The van der Waals surface area contributed by atoms with Crippen LogP contribution in [0.15, 0.2) is 35.6 Å². The molecule has 1 amide bonds. The summed E-state index contributed by atoms with van der Waals surface area (Å²) in [6.07, 6.45) is 3.41. The van der Waals surface area contributed by atoms with Crippen LogP contribution in [0.1, 0.15) is 28.7 Å². The van der Waals surface area contributed by atoms with Gasteiger partial charge in [0.25, 0.3) is 5.91 Å². The van der Waals surface area contributed by atoms with Crippen molar-refractivity contribution in [2.45, 2.75) is 26.3 Å². The SMILES string of the molecule is CCc1nncn1CCNC(=NC)NCCc1cccc(C(=O)NC)c1.I. The summed E-state index contributed by atoms with van der Waals surface area (Å²) in [7, 11) is 3.38. The van der Waals surface area contributed by atoms with Gasteiger partial charge in [0.15, 0.2) is 5.96 Å². The quantitative estimate of drug-likeness (QED) is 0.297. The number of benzene rings is 1. The van der Waals surface area contributed by atoms with Gasteiger partial charge in [0.2, 0.25) is 0 Å². The number of rotatable bonds is 8. The molecule has 1 heterocycles. The minimum Gasteiger partial charge on any atom is -0.356 e. The third-order valence-corrected chi connectivity index (χ3v) is 4.00. The Hall–Kier alpha value is -2.17. The third kappa shape index (κ3) is 7.16. The van der Waals surface area contributed by atoms with Crippen LogP contribution in [-0.4, -0.2) is 53.8 Å². The number of aryl methyl sites for hydroxylation is 1. The van der Waals surface area contributed by atoms with Gasteiger partial charge in [-0.25, -0.2) is 0 Å². The molecule has 148 valence electrons. The summed E-state index contributed by atoms with van der Waals surface area (Å²) in [5.74, 6) is 1.65. The number of guanidine groups is 1. The van der Waals surface area contributed by atoms with Gasteiger partial charge >= 0.3 is 0 Å². The molecule has 0 aliphatic rings. The highest BCUT2D eigenvalue weighted by Gasteiger charge is 2.05. The van der Waals surface area contributed by atoms with Crippen molar-refractivity contribution in [1.29, 1.82) is 0 Å². The summed E-state index contributed by atoms with van der Waals surface area (Å²) in [5.41, 5.74) is 1.78. The Morgan fingerprint density at radius 1 is 1.26 bits per heavy atom. The molecule has 0 aliphatic carbocycles. The number of carbonyl (C=O) groups excluding carboxylic acids is 1. The van der Waals surface area contributed by atoms with E-state index >= 15 is 0 Å². The molecule has 2 rings (SSSR count). The largest absolute Gasteiger partial charge is 0.356 e. The molecule has 0 saturated carbocycles. The Morgan fingerprint density at radius 3 is 2.74 bits per heavy atom. The average molecular weight is 485 g/mol. The molecule has 0 fully saturated rings. The first-order chi connectivity index (χ1) is 12.7. The van der Waals surface area contributed by atoms with Crippen LogP contribution in [0.3, 0.4) is 0 Å². The van der Waals surface area contributed by atoms with Crippen LogP contribution in [0.25, 0.3) is 0 Å². The van der Waals surface area contributed by atoms with E-state index in [1.807, 2.05) is 28.8 Å². The predicted octanol–water partition coefficient (Wildman–Crippen LogP) is 1.23. The molecule has 0 spiro atoms. The van der Waals surface area contributed by atoms with E-state index in [2.05, 4.69) is 38.1 Å². The Morgan fingerprint density at radius 2 is 2.04 bits per heavy atom. The lowest BCUT2D eigenvalue weighted by Gasteiger charge is -2.13. The van der Waals surface area contributed by atoms with E-state index < -0.39 is 0 Å². The standard InChI is InChI=1S/C18H27N7O.HI/c1-4-16-24-23-13-25(16)11-10-22-18(20-3)21-9-8-14-6-5-7-15(12-14)17(26)19-2;/h5-7,12-13H,4,8-11H2,1-3H3,(H,19,26)(H2,20,21,22);1H. The van der Waals surface area contributed by atoms with Crippen LogP contribution in [0.4, 0.5) is 0 Å². The number of nitrogens with one attached hydrogen (secondary N) is 3. The van der Waals surface area contributed by atoms with Crippen molar-refractivity contribution >= 4 is 35.8 Å². The summed E-state index contributed by atoms with van der Waals surface area (Å²) < 4.78 is 2.03. The van der Waals surface area contributed by atoms with Gasteiger partial charge in [-0.3, -0.25) is 9.79 Å². The average Bonchev–Trinajstić information content (AvgIpc) is 3.13. The molecule has 0 bridgehead atoms. The molecule has 1 aromatic heterocycles. The predicted molar refractivity (Wildman–Crippen MR) is 118 cm³/mol. The highest BCUT2D eigenvalue weighted by atomic mass is 127. The van der Waals surface area contributed by atoms with E-state index in [9.17, 15) is 4.79 Å². The fourth-order valence-corrected chi connectivity index (χ4v) is 2.59. The molecule has 8 nitrogen and oxygen atoms in total. The van der Waals surface area contributed by atoms with E-state index in [4.69, 9.17) is 0 Å². The Bertz CT molecular complexity index is 745. The molecule has 0 saturated heterocycles. The van der Waals surface area contributed by atoms with Gasteiger partial charge in [-0.15, -0.1) is 34.2 Å². The molecule has 0 aliphatic heterocycles. The number of hydrogen-bond donors (Lipinski definition) is 3. The first-order valence-corrected chi connectivity index (χ1v) is 8.80. The van der Waals surface area contributed by atoms with Crippen molar-refractivity contribution in [2.24, 2.45) is 4.99 Å². The smallest absolute Gasteiger partial charge is 0.251 e. The van der Waals surface area contributed by atoms with Crippen molar-refractivity contribution in [3.05, 3.63) is 47.5 Å². The first kappa shape index (κ1) is 22.9. The second-order valence-corrected chi connectivity index (χ2v) is 5.75. The molecular weight excluding hydrogens is 457 g/mol. The van der Waals surface area contributed by atoms with Crippen molar-refractivity contribution in [3.8, 4) is 0 Å². The fourth-order valence-electron chi connectivity index (χ4n) is 2.59. The summed E-state index contributed by atoms with van der Waals surface area (Å²) in [6, 6.07) is 7.64. The number of nitrogens with zero attached hydrogens (tertiary/aromatic N) is 4. The summed E-state index contributed by atoms with van der Waals surface area (Å²) in [4.78, 5) is 15.9. The van der Waals surface area contributed by atoms with Gasteiger partial charge in [-0.2, -0.15) is 0 Å². The Balaban J connectivity index is 0.00000364. The first-order valence-electron chi connectivity index (χ1n) is 8.80. The van der Waals surface area contributed by atoms with Gasteiger partial charge in [-0.05, 0) is 24.1 Å². The van der Waals surface area contributed by atoms with Crippen LogP contribution in [0, 0.1) is 0 Å². The minimum atomic E-state index is -0.0716. The highest BCUT2D eigenvalue weighted by Crippen LogP contribution is 2.05. The molecule has 2 aromatic rings. The maximum absolute atomic E-state index is 11.7. The summed E-state index contributed by atoms with van der Waals surface area (Å²) >= 11 is 0. The number of carbonyl (C=O) groups is 1. The molecule has 0 atom stereocenters. The van der Waals surface area contributed by atoms with Crippen LogP contribution in [-0.2, 0) is 19.4 Å². The van der Waals surface area contributed by atoms with E-state index in [1.165, 1.54) is 0 Å². The number of hydrogen-bond acceptors (Lipinski definition) is 4. The lowest BCUT2D eigenvalue weighted by molar-refractivity contribution is 0.0963. The topological polar surface area (TPSA) is 96.2 Å². The van der Waals surface area contributed by atoms with Crippen molar-refractivity contribution in [2.75, 3.05) is 27.2 Å². The molecule has 27 heavy (non-hydrogen) atoms. The highest BCUT2D eigenvalue weighted by molar-refractivity contribution is 14.0. The maximum Gasteiger partial charge on any atom is 0.251 e. The van der Waals surface area contributed by atoms with E-state index in [0.717, 1.165) is 49.8 Å². The lowest BCUT2D eigenvalue weighted by Crippen LogP contribution is -2.39. The minimum absolute atomic E-state index is 0. The normalized spacial score (nSPS) is 10.9. The Labute approximate surface area is 177 Å². The van der Waals surface area contributed by atoms with Gasteiger partial charge in [-0.1, -0.05) is 19.1 Å². The zero-order valence-electron chi connectivity index (χ0n) is 16.0. The van der Waals surface area contributed by atoms with Crippen LogP contribution in [0.2, 0.25) is 0 Å². The molecular formula is C18H28IN7O. The van der Waals surface area contributed by atoms with E-state index in [0.29, 0.717) is 5.56 Å². The molecule has 1 aromatic carbocycles. The van der Waals surface area contributed by atoms with Crippen LogP contribution < -0.4 is 16.0 Å². The molecule has 0 radical (unpaired) electrons. The third-order valence-electron chi connectivity index (χ3n) is 4.00.